The van der Waals surface area contributed by atoms with Crippen LogP contribution in [-0.2, 0) is 30.6 Å². The Morgan fingerprint density at radius 2 is 1.81 bits per heavy atom. The van der Waals surface area contributed by atoms with Gasteiger partial charge in [0.15, 0.2) is 9.84 Å². The van der Waals surface area contributed by atoms with Gasteiger partial charge in [-0.25, -0.2) is 13.2 Å². The Balaban J connectivity index is 1.68. The zero-order valence-electron chi connectivity index (χ0n) is 17.5. The van der Waals surface area contributed by atoms with E-state index in [2.05, 4.69) is 10.1 Å². The Morgan fingerprint density at radius 1 is 1.13 bits per heavy atom. The summed E-state index contributed by atoms with van der Waals surface area (Å²) in [6, 6.07) is 10.8. The maximum absolute atomic E-state index is 13.0. The van der Waals surface area contributed by atoms with Crippen LogP contribution >= 0.6 is 0 Å². The molecule has 2 amide bonds. The fraction of sp³-hybridized carbons (Fsp3) is 0.318. The van der Waals surface area contributed by atoms with E-state index < -0.39 is 27.0 Å². The summed E-state index contributed by atoms with van der Waals surface area (Å²) in [6.07, 6.45) is 0.368. The molecule has 1 aliphatic rings. The Labute approximate surface area is 181 Å². The van der Waals surface area contributed by atoms with E-state index in [1.165, 1.54) is 39.2 Å². The molecule has 164 valence electrons. The summed E-state index contributed by atoms with van der Waals surface area (Å²) in [6.45, 7) is 3.49. The molecule has 1 heterocycles. The minimum Gasteiger partial charge on any atom is -0.465 e. The lowest BCUT2D eigenvalue weighted by atomic mass is 10.2. The van der Waals surface area contributed by atoms with Crippen LogP contribution in [0, 0.1) is 0 Å². The summed E-state index contributed by atoms with van der Waals surface area (Å²) in [7, 11) is -2.45. The lowest BCUT2D eigenvalue weighted by Crippen LogP contribution is -2.26. The van der Waals surface area contributed by atoms with E-state index in [4.69, 9.17) is 0 Å². The number of esters is 1. The van der Waals surface area contributed by atoms with Crippen molar-refractivity contribution in [2.75, 3.05) is 23.9 Å². The van der Waals surface area contributed by atoms with Crippen LogP contribution in [0.1, 0.15) is 36.2 Å². The van der Waals surface area contributed by atoms with Crippen LogP contribution in [0.25, 0.3) is 0 Å². The van der Waals surface area contributed by atoms with Crippen molar-refractivity contribution in [3.63, 3.8) is 0 Å². The first-order chi connectivity index (χ1) is 14.6. The van der Waals surface area contributed by atoms with Crippen LogP contribution in [0.3, 0.4) is 0 Å². The SMILES string of the molecule is COC(=O)c1ccc(NC(=O)CC(C)S(=O)(=O)c2ccc3c(c2)CCN3C(C)=O)cc1. The summed E-state index contributed by atoms with van der Waals surface area (Å²) in [5.41, 5.74) is 2.33. The minimum atomic E-state index is -3.73. The van der Waals surface area contributed by atoms with Gasteiger partial charge in [0.1, 0.15) is 0 Å². The second kappa shape index (κ2) is 8.89. The molecule has 0 spiro atoms. The molecule has 1 atom stereocenters. The maximum atomic E-state index is 13.0. The molecule has 31 heavy (non-hydrogen) atoms. The summed E-state index contributed by atoms with van der Waals surface area (Å²) >= 11 is 0. The number of methoxy groups -OCH3 is 1. The van der Waals surface area contributed by atoms with Crippen molar-refractivity contribution in [3.8, 4) is 0 Å². The van der Waals surface area contributed by atoms with E-state index in [-0.39, 0.29) is 17.2 Å². The van der Waals surface area contributed by atoms with Gasteiger partial charge in [-0.2, -0.15) is 0 Å². The van der Waals surface area contributed by atoms with E-state index in [1.807, 2.05) is 0 Å². The molecule has 0 saturated heterocycles. The molecule has 9 heteroatoms. The molecule has 2 aromatic carbocycles. The highest BCUT2D eigenvalue weighted by atomic mass is 32.2. The second-order valence-corrected chi connectivity index (χ2v) is 9.75. The Hall–Kier alpha value is -3.20. The second-order valence-electron chi connectivity index (χ2n) is 7.39. The first-order valence-electron chi connectivity index (χ1n) is 9.76. The predicted octanol–water partition coefficient (Wildman–Crippen LogP) is 2.57. The van der Waals surface area contributed by atoms with E-state index in [0.29, 0.717) is 24.2 Å². The van der Waals surface area contributed by atoms with Crippen molar-refractivity contribution in [2.45, 2.75) is 36.8 Å². The minimum absolute atomic E-state index is 0.0842. The van der Waals surface area contributed by atoms with Crippen molar-refractivity contribution in [2.24, 2.45) is 0 Å². The Kier molecular flexibility index (Phi) is 6.45. The van der Waals surface area contributed by atoms with Gasteiger partial charge in [-0.05, 0) is 61.4 Å². The van der Waals surface area contributed by atoms with Crippen molar-refractivity contribution in [3.05, 3.63) is 53.6 Å². The van der Waals surface area contributed by atoms with Gasteiger partial charge < -0.3 is 15.0 Å². The van der Waals surface area contributed by atoms with Gasteiger partial charge in [-0.3, -0.25) is 9.59 Å². The number of sulfone groups is 1. The largest absolute Gasteiger partial charge is 0.465 e. The zero-order chi connectivity index (χ0) is 22.8. The maximum Gasteiger partial charge on any atom is 0.337 e. The van der Waals surface area contributed by atoms with Crippen molar-refractivity contribution in [1.82, 2.24) is 0 Å². The molecule has 2 aromatic rings. The van der Waals surface area contributed by atoms with Crippen LogP contribution in [-0.4, -0.2) is 45.1 Å². The fourth-order valence-corrected chi connectivity index (χ4v) is 4.90. The molecule has 8 nitrogen and oxygen atoms in total. The molecule has 1 unspecified atom stereocenters. The standard InChI is InChI=1S/C22H24N2O6S/c1-14(12-21(26)23-18-6-4-16(5-7-18)22(27)30-3)31(28,29)19-8-9-20-17(13-19)10-11-24(20)15(2)25/h4-9,13-14H,10-12H2,1-3H3,(H,23,26). The lowest BCUT2D eigenvalue weighted by molar-refractivity contribution is -0.117. The monoisotopic (exact) mass is 444 g/mol. The number of carbonyl (C=O) groups is 3. The van der Waals surface area contributed by atoms with Gasteiger partial charge in [-0.1, -0.05) is 0 Å². The van der Waals surface area contributed by atoms with E-state index >= 15 is 0 Å². The van der Waals surface area contributed by atoms with Gasteiger partial charge in [0.2, 0.25) is 11.8 Å². The number of rotatable bonds is 6. The summed E-state index contributed by atoms with van der Waals surface area (Å²) in [4.78, 5) is 37.3. The smallest absolute Gasteiger partial charge is 0.337 e. The van der Waals surface area contributed by atoms with Gasteiger partial charge >= 0.3 is 5.97 Å². The van der Waals surface area contributed by atoms with Gasteiger partial charge in [0.25, 0.3) is 0 Å². The number of hydrogen-bond acceptors (Lipinski definition) is 6. The number of benzene rings is 2. The van der Waals surface area contributed by atoms with Gasteiger partial charge in [0, 0.05) is 31.3 Å². The van der Waals surface area contributed by atoms with Crippen molar-refractivity contribution in [1.29, 1.82) is 0 Å². The van der Waals surface area contributed by atoms with E-state index in [0.717, 1.165) is 11.3 Å². The number of nitrogens with one attached hydrogen (secondary N) is 1. The number of fused-ring (bicyclic) bond motifs is 1. The third-order valence-electron chi connectivity index (χ3n) is 5.25. The number of carbonyl (C=O) groups excluding carboxylic acids is 3. The molecule has 1 aliphatic heterocycles. The average molecular weight is 445 g/mol. The number of ether oxygens (including phenoxy) is 1. The summed E-state index contributed by atoms with van der Waals surface area (Å²) in [5, 5.41) is 1.70. The van der Waals surface area contributed by atoms with Crippen LogP contribution in [0.4, 0.5) is 11.4 Å². The topological polar surface area (TPSA) is 110 Å². The Morgan fingerprint density at radius 3 is 2.42 bits per heavy atom. The molecule has 0 fully saturated rings. The molecule has 0 saturated carbocycles. The third-order valence-corrected chi connectivity index (χ3v) is 7.38. The van der Waals surface area contributed by atoms with Crippen LogP contribution < -0.4 is 10.2 Å². The zero-order valence-corrected chi connectivity index (χ0v) is 18.4. The lowest BCUT2D eigenvalue weighted by Gasteiger charge is -2.16. The molecule has 0 aromatic heterocycles. The highest BCUT2D eigenvalue weighted by Crippen LogP contribution is 2.31. The molecule has 0 aliphatic carbocycles. The van der Waals surface area contributed by atoms with E-state index in [1.54, 1.807) is 29.2 Å². The average Bonchev–Trinajstić information content (AvgIpc) is 3.17. The van der Waals surface area contributed by atoms with Crippen LogP contribution in [0.5, 0.6) is 0 Å². The highest BCUT2D eigenvalue weighted by molar-refractivity contribution is 7.92. The molecule has 3 rings (SSSR count). The number of amides is 2. The number of anilines is 2. The number of hydrogen-bond donors (Lipinski definition) is 1. The van der Waals surface area contributed by atoms with Crippen LogP contribution in [0.15, 0.2) is 47.4 Å². The first kappa shape index (κ1) is 22.5. The molecule has 1 N–H and O–H groups in total. The number of nitrogens with zero attached hydrogens (tertiary/aromatic N) is 1. The predicted molar refractivity (Wildman–Crippen MR) is 116 cm³/mol. The van der Waals surface area contributed by atoms with Gasteiger partial charge in [0.05, 0.1) is 22.8 Å². The molecular weight excluding hydrogens is 420 g/mol. The van der Waals surface area contributed by atoms with Crippen molar-refractivity contribution >= 4 is 39.0 Å². The highest BCUT2D eigenvalue weighted by Gasteiger charge is 2.29. The fourth-order valence-electron chi connectivity index (χ4n) is 3.50. The van der Waals surface area contributed by atoms with Gasteiger partial charge in [-0.15, -0.1) is 0 Å². The quantitative estimate of drug-likeness (QED) is 0.686. The third kappa shape index (κ3) is 4.77. The van der Waals surface area contributed by atoms with Crippen LogP contribution in [0.2, 0.25) is 0 Å². The summed E-state index contributed by atoms with van der Waals surface area (Å²) in [5.74, 6) is -1.02. The Bertz CT molecular complexity index is 1130. The first-order valence-corrected chi connectivity index (χ1v) is 11.3. The molecule has 0 radical (unpaired) electrons. The summed E-state index contributed by atoms with van der Waals surface area (Å²) < 4.78 is 30.6. The van der Waals surface area contributed by atoms with E-state index in [9.17, 15) is 22.8 Å². The molecule has 0 bridgehead atoms. The molecular formula is C22H24N2O6S. The van der Waals surface area contributed by atoms with Crippen molar-refractivity contribution < 1.29 is 27.5 Å². The normalized spacial score (nSPS) is 14.0.